The molecule has 0 saturated heterocycles. The van der Waals surface area contributed by atoms with Crippen molar-refractivity contribution in [2.24, 2.45) is 5.73 Å². The van der Waals surface area contributed by atoms with Gasteiger partial charge in [0.15, 0.2) is 0 Å². The molecule has 0 aliphatic heterocycles. The summed E-state index contributed by atoms with van der Waals surface area (Å²) in [6.45, 7) is 6.62. The number of rotatable bonds is 6. The SMILES string of the molecule is CCc1ccccc1CN[C@](C)(CC)C(N)=O. The second kappa shape index (κ2) is 5.82. The zero-order valence-electron chi connectivity index (χ0n) is 10.9. The van der Waals surface area contributed by atoms with Crippen LogP contribution in [0.3, 0.4) is 0 Å². The lowest BCUT2D eigenvalue weighted by Crippen LogP contribution is -2.52. The summed E-state index contributed by atoms with van der Waals surface area (Å²) in [5, 5.41) is 3.26. The van der Waals surface area contributed by atoms with Gasteiger partial charge in [-0.1, -0.05) is 38.1 Å². The van der Waals surface area contributed by atoms with E-state index in [0.29, 0.717) is 13.0 Å². The lowest BCUT2D eigenvalue weighted by molar-refractivity contribution is -0.124. The lowest BCUT2D eigenvalue weighted by Gasteiger charge is -2.26. The van der Waals surface area contributed by atoms with E-state index in [-0.39, 0.29) is 5.91 Å². The van der Waals surface area contributed by atoms with Crippen LogP contribution < -0.4 is 11.1 Å². The highest BCUT2D eigenvalue weighted by molar-refractivity contribution is 5.84. The van der Waals surface area contributed by atoms with Crippen molar-refractivity contribution < 1.29 is 4.79 Å². The third-order valence-corrected chi connectivity index (χ3v) is 3.42. The molecule has 0 aliphatic carbocycles. The molecule has 3 heteroatoms. The number of hydrogen-bond donors (Lipinski definition) is 2. The summed E-state index contributed by atoms with van der Waals surface area (Å²) < 4.78 is 0. The van der Waals surface area contributed by atoms with Crippen LogP contribution in [0.4, 0.5) is 0 Å². The molecule has 0 bridgehead atoms. The second-order valence-electron chi connectivity index (χ2n) is 4.53. The minimum Gasteiger partial charge on any atom is -0.368 e. The van der Waals surface area contributed by atoms with Crippen LogP contribution in [0.1, 0.15) is 38.3 Å². The quantitative estimate of drug-likeness (QED) is 0.791. The van der Waals surface area contributed by atoms with Crippen LogP contribution in [0.2, 0.25) is 0 Å². The summed E-state index contributed by atoms with van der Waals surface area (Å²) in [6, 6.07) is 8.26. The van der Waals surface area contributed by atoms with Crippen molar-refractivity contribution in [3.05, 3.63) is 35.4 Å². The van der Waals surface area contributed by atoms with E-state index in [2.05, 4.69) is 24.4 Å². The molecule has 0 heterocycles. The fraction of sp³-hybridized carbons (Fsp3) is 0.500. The minimum absolute atomic E-state index is 0.297. The van der Waals surface area contributed by atoms with Crippen LogP contribution in [-0.2, 0) is 17.8 Å². The molecule has 1 amide bonds. The number of benzene rings is 1. The Kier molecular flexibility index (Phi) is 4.70. The first kappa shape index (κ1) is 13.7. The number of nitrogens with one attached hydrogen (secondary N) is 1. The zero-order valence-corrected chi connectivity index (χ0v) is 10.9. The van der Waals surface area contributed by atoms with Gasteiger partial charge in [-0.15, -0.1) is 0 Å². The first-order chi connectivity index (χ1) is 8.03. The van der Waals surface area contributed by atoms with E-state index in [9.17, 15) is 4.79 Å². The highest BCUT2D eigenvalue weighted by Crippen LogP contribution is 2.13. The minimum atomic E-state index is -0.624. The van der Waals surface area contributed by atoms with Gasteiger partial charge in [0.05, 0.1) is 5.54 Å². The third-order valence-electron chi connectivity index (χ3n) is 3.42. The summed E-state index contributed by atoms with van der Waals surface area (Å²) in [7, 11) is 0. The number of aryl methyl sites for hydroxylation is 1. The van der Waals surface area contributed by atoms with Crippen molar-refractivity contribution in [1.29, 1.82) is 0 Å². The molecule has 0 spiro atoms. The van der Waals surface area contributed by atoms with Gasteiger partial charge in [0.1, 0.15) is 0 Å². The molecule has 3 N–H and O–H groups in total. The molecule has 3 nitrogen and oxygen atoms in total. The maximum absolute atomic E-state index is 11.4. The summed E-state index contributed by atoms with van der Waals surface area (Å²) in [6.07, 6.45) is 1.69. The van der Waals surface area contributed by atoms with Crippen LogP contribution in [0, 0.1) is 0 Å². The normalized spacial score (nSPS) is 14.3. The first-order valence-corrected chi connectivity index (χ1v) is 6.15. The topological polar surface area (TPSA) is 55.1 Å². The fourth-order valence-electron chi connectivity index (χ4n) is 1.75. The molecule has 94 valence electrons. The molecule has 17 heavy (non-hydrogen) atoms. The molecule has 0 aromatic heterocycles. The molecular formula is C14H22N2O. The molecular weight excluding hydrogens is 212 g/mol. The molecule has 1 aromatic carbocycles. The smallest absolute Gasteiger partial charge is 0.237 e. The molecule has 0 saturated carbocycles. The number of amides is 1. The Bertz CT molecular complexity index is 390. The van der Waals surface area contributed by atoms with Crippen molar-refractivity contribution in [2.45, 2.75) is 45.7 Å². The van der Waals surface area contributed by atoms with E-state index in [4.69, 9.17) is 5.73 Å². The number of nitrogens with two attached hydrogens (primary N) is 1. The average Bonchev–Trinajstić information content (AvgIpc) is 2.36. The van der Waals surface area contributed by atoms with Gasteiger partial charge in [0, 0.05) is 6.54 Å². The fourth-order valence-corrected chi connectivity index (χ4v) is 1.75. The van der Waals surface area contributed by atoms with Gasteiger partial charge < -0.3 is 5.73 Å². The Balaban J connectivity index is 2.76. The lowest BCUT2D eigenvalue weighted by atomic mass is 9.97. The Hall–Kier alpha value is -1.35. The van der Waals surface area contributed by atoms with Crippen molar-refractivity contribution in [2.75, 3.05) is 0 Å². The summed E-state index contributed by atoms with van der Waals surface area (Å²) in [5.74, 6) is -0.297. The van der Waals surface area contributed by atoms with Crippen LogP contribution >= 0.6 is 0 Å². The van der Waals surface area contributed by atoms with Gasteiger partial charge in [0.25, 0.3) is 0 Å². The van der Waals surface area contributed by atoms with E-state index in [1.807, 2.05) is 26.0 Å². The summed E-state index contributed by atoms with van der Waals surface area (Å²) in [4.78, 5) is 11.4. The number of carbonyl (C=O) groups excluding carboxylic acids is 1. The molecule has 0 unspecified atom stereocenters. The summed E-state index contributed by atoms with van der Waals surface area (Å²) in [5.41, 5.74) is 7.33. The van der Waals surface area contributed by atoms with E-state index in [0.717, 1.165) is 6.42 Å². The Labute approximate surface area is 103 Å². The average molecular weight is 234 g/mol. The molecule has 1 rings (SSSR count). The highest BCUT2D eigenvalue weighted by atomic mass is 16.1. The van der Waals surface area contributed by atoms with E-state index in [1.54, 1.807) is 0 Å². The van der Waals surface area contributed by atoms with Gasteiger partial charge in [-0.3, -0.25) is 10.1 Å². The molecule has 0 aliphatic rings. The monoisotopic (exact) mass is 234 g/mol. The van der Waals surface area contributed by atoms with Crippen molar-refractivity contribution in [1.82, 2.24) is 5.32 Å². The highest BCUT2D eigenvalue weighted by Gasteiger charge is 2.27. The second-order valence-corrected chi connectivity index (χ2v) is 4.53. The van der Waals surface area contributed by atoms with Crippen LogP contribution in [-0.4, -0.2) is 11.4 Å². The Morgan fingerprint density at radius 2 is 1.88 bits per heavy atom. The van der Waals surface area contributed by atoms with E-state index < -0.39 is 5.54 Å². The standard InChI is InChI=1S/C14H22N2O/c1-4-11-8-6-7-9-12(11)10-16-14(3,5-2)13(15)17/h6-9,16H,4-5,10H2,1-3H3,(H2,15,17)/t14-/m1/s1. The van der Waals surface area contributed by atoms with Crippen molar-refractivity contribution in [3.8, 4) is 0 Å². The van der Waals surface area contributed by atoms with Crippen LogP contribution in [0.5, 0.6) is 0 Å². The molecule has 1 aromatic rings. The molecule has 0 radical (unpaired) electrons. The maximum atomic E-state index is 11.4. The van der Waals surface area contributed by atoms with E-state index >= 15 is 0 Å². The number of hydrogen-bond acceptors (Lipinski definition) is 2. The Morgan fingerprint density at radius 1 is 1.29 bits per heavy atom. The summed E-state index contributed by atoms with van der Waals surface area (Å²) >= 11 is 0. The van der Waals surface area contributed by atoms with Gasteiger partial charge >= 0.3 is 0 Å². The number of primary amides is 1. The van der Waals surface area contributed by atoms with Gasteiger partial charge in [-0.2, -0.15) is 0 Å². The first-order valence-electron chi connectivity index (χ1n) is 6.15. The largest absolute Gasteiger partial charge is 0.368 e. The molecule has 0 fully saturated rings. The predicted molar refractivity (Wildman–Crippen MR) is 70.6 cm³/mol. The maximum Gasteiger partial charge on any atom is 0.237 e. The van der Waals surface area contributed by atoms with Gasteiger partial charge in [-0.05, 0) is 30.9 Å². The third kappa shape index (κ3) is 3.30. The zero-order chi connectivity index (χ0) is 12.9. The number of carbonyl (C=O) groups is 1. The Morgan fingerprint density at radius 3 is 2.35 bits per heavy atom. The van der Waals surface area contributed by atoms with E-state index in [1.165, 1.54) is 11.1 Å². The van der Waals surface area contributed by atoms with Gasteiger partial charge in [-0.25, -0.2) is 0 Å². The van der Waals surface area contributed by atoms with Crippen molar-refractivity contribution >= 4 is 5.91 Å². The molecule has 1 atom stereocenters. The van der Waals surface area contributed by atoms with Gasteiger partial charge in [0.2, 0.25) is 5.91 Å². The van der Waals surface area contributed by atoms with Crippen molar-refractivity contribution in [3.63, 3.8) is 0 Å². The predicted octanol–water partition coefficient (Wildman–Crippen LogP) is 1.99. The van der Waals surface area contributed by atoms with Crippen LogP contribution in [0.25, 0.3) is 0 Å². The van der Waals surface area contributed by atoms with Crippen LogP contribution in [0.15, 0.2) is 24.3 Å².